The van der Waals surface area contributed by atoms with Crippen molar-refractivity contribution < 1.29 is 26.3 Å². The Balaban J connectivity index is 1.51. The van der Waals surface area contributed by atoms with Crippen LogP contribution in [0.5, 0.6) is 11.5 Å². The van der Waals surface area contributed by atoms with Crippen LogP contribution in [0.15, 0.2) is 59.6 Å². The maximum absolute atomic E-state index is 12.6. The Morgan fingerprint density at radius 1 is 0.931 bits per heavy atom. The molecule has 0 radical (unpaired) electrons. The van der Waals surface area contributed by atoms with Gasteiger partial charge in [0.25, 0.3) is 0 Å². The molecule has 2 aromatic rings. The first kappa shape index (κ1) is 19.8. The molecule has 2 heterocycles. The fraction of sp³-hybridized carbons (Fsp3) is 0.333. The molecule has 154 valence electrons. The number of hydrogen-bond donors (Lipinski definition) is 0. The molecule has 4 rings (SSSR count). The van der Waals surface area contributed by atoms with E-state index in [2.05, 4.69) is 4.90 Å². The van der Waals surface area contributed by atoms with Gasteiger partial charge in [0.1, 0.15) is 11.5 Å². The standard InChI is InChI=1S/C21H20F3NO3S/c22-21(23,24)16-5-9-18(10-6-16)28-17-7-3-15(4-8-17)19-2-1-11-25-12-13-29(26,27)14-20(19)25/h3-10,14,19H,1-2,11-13H2. The van der Waals surface area contributed by atoms with Crippen LogP contribution in [0.4, 0.5) is 13.2 Å². The van der Waals surface area contributed by atoms with Gasteiger partial charge in [-0.25, -0.2) is 8.42 Å². The van der Waals surface area contributed by atoms with Crippen molar-refractivity contribution in [3.8, 4) is 11.5 Å². The molecule has 0 N–H and O–H groups in total. The average molecular weight is 423 g/mol. The number of sulfone groups is 1. The van der Waals surface area contributed by atoms with Crippen LogP contribution in [-0.2, 0) is 16.0 Å². The van der Waals surface area contributed by atoms with Crippen molar-refractivity contribution in [1.29, 1.82) is 0 Å². The van der Waals surface area contributed by atoms with Crippen molar-refractivity contribution in [1.82, 2.24) is 4.90 Å². The van der Waals surface area contributed by atoms with Crippen LogP contribution in [0.3, 0.4) is 0 Å². The number of ether oxygens (including phenoxy) is 1. The van der Waals surface area contributed by atoms with Crippen molar-refractivity contribution >= 4 is 9.84 Å². The Morgan fingerprint density at radius 2 is 1.55 bits per heavy atom. The van der Waals surface area contributed by atoms with Crippen LogP contribution >= 0.6 is 0 Å². The third-order valence-electron chi connectivity index (χ3n) is 5.29. The maximum atomic E-state index is 12.6. The number of fused-ring (bicyclic) bond motifs is 1. The van der Waals surface area contributed by atoms with Gasteiger partial charge in [-0.1, -0.05) is 12.1 Å². The summed E-state index contributed by atoms with van der Waals surface area (Å²) in [6.07, 6.45) is -2.52. The quantitative estimate of drug-likeness (QED) is 0.701. The van der Waals surface area contributed by atoms with E-state index in [0.29, 0.717) is 18.0 Å². The predicted molar refractivity (Wildman–Crippen MR) is 103 cm³/mol. The summed E-state index contributed by atoms with van der Waals surface area (Å²) in [6, 6.07) is 11.8. The molecular formula is C21H20F3NO3S. The summed E-state index contributed by atoms with van der Waals surface area (Å²) in [6.45, 7) is 1.40. The Kier molecular flexibility index (Phi) is 5.06. The van der Waals surface area contributed by atoms with E-state index in [1.165, 1.54) is 17.5 Å². The molecule has 0 amide bonds. The van der Waals surface area contributed by atoms with Gasteiger partial charge in [0.05, 0.1) is 16.7 Å². The number of allylic oxidation sites excluding steroid dienone is 1. The minimum atomic E-state index is -4.38. The van der Waals surface area contributed by atoms with E-state index in [9.17, 15) is 21.6 Å². The summed E-state index contributed by atoms with van der Waals surface area (Å²) >= 11 is 0. The lowest BCUT2D eigenvalue weighted by Crippen LogP contribution is -2.39. The number of alkyl halides is 3. The van der Waals surface area contributed by atoms with Crippen LogP contribution < -0.4 is 4.74 Å². The van der Waals surface area contributed by atoms with Crippen molar-refractivity contribution in [2.24, 2.45) is 0 Å². The van der Waals surface area contributed by atoms with E-state index < -0.39 is 21.6 Å². The van der Waals surface area contributed by atoms with Crippen LogP contribution in [0, 0.1) is 0 Å². The Bertz CT molecular complexity index is 1010. The zero-order chi connectivity index (χ0) is 20.6. The van der Waals surface area contributed by atoms with Crippen molar-refractivity contribution in [2.45, 2.75) is 24.9 Å². The van der Waals surface area contributed by atoms with Crippen LogP contribution in [-0.4, -0.2) is 32.2 Å². The molecule has 29 heavy (non-hydrogen) atoms. The van der Waals surface area contributed by atoms with Gasteiger partial charge < -0.3 is 9.64 Å². The van der Waals surface area contributed by atoms with Crippen molar-refractivity contribution in [3.63, 3.8) is 0 Å². The van der Waals surface area contributed by atoms with Crippen LogP contribution in [0.2, 0.25) is 0 Å². The summed E-state index contributed by atoms with van der Waals surface area (Å²) in [7, 11) is -3.17. The van der Waals surface area contributed by atoms with E-state index in [-0.39, 0.29) is 11.7 Å². The average Bonchev–Trinajstić information content (AvgIpc) is 2.67. The highest BCUT2D eigenvalue weighted by Gasteiger charge is 2.32. The van der Waals surface area contributed by atoms with Gasteiger partial charge in [0.15, 0.2) is 9.84 Å². The molecule has 1 unspecified atom stereocenters. The van der Waals surface area contributed by atoms with Gasteiger partial charge in [-0.05, 0) is 54.8 Å². The number of benzene rings is 2. The molecule has 0 spiro atoms. The number of rotatable bonds is 3. The fourth-order valence-corrected chi connectivity index (χ4v) is 5.09. The molecule has 0 saturated carbocycles. The summed E-state index contributed by atoms with van der Waals surface area (Å²) in [5.41, 5.74) is 1.12. The van der Waals surface area contributed by atoms with Gasteiger partial charge in [-0.3, -0.25) is 0 Å². The van der Waals surface area contributed by atoms with Crippen LogP contribution in [0.1, 0.15) is 29.9 Å². The van der Waals surface area contributed by atoms with Crippen molar-refractivity contribution in [3.05, 3.63) is 70.8 Å². The lowest BCUT2D eigenvalue weighted by Gasteiger charge is -2.39. The van der Waals surface area contributed by atoms with E-state index in [1.54, 1.807) is 12.1 Å². The second kappa shape index (κ2) is 7.40. The molecule has 1 atom stereocenters. The molecule has 2 aliphatic rings. The van der Waals surface area contributed by atoms with Gasteiger partial charge >= 0.3 is 6.18 Å². The molecule has 8 heteroatoms. The molecule has 4 nitrogen and oxygen atoms in total. The third kappa shape index (κ3) is 4.42. The van der Waals surface area contributed by atoms with Gasteiger partial charge in [0, 0.05) is 24.7 Å². The topological polar surface area (TPSA) is 46.6 Å². The minimum Gasteiger partial charge on any atom is -0.457 e. The Morgan fingerprint density at radius 3 is 2.17 bits per heavy atom. The monoisotopic (exact) mass is 423 g/mol. The zero-order valence-corrected chi connectivity index (χ0v) is 16.3. The highest BCUT2D eigenvalue weighted by molar-refractivity contribution is 7.94. The van der Waals surface area contributed by atoms with E-state index in [0.717, 1.165) is 42.8 Å². The lowest BCUT2D eigenvalue weighted by atomic mass is 9.88. The number of nitrogens with zero attached hydrogens (tertiary/aromatic N) is 1. The van der Waals surface area contributed by atoms with E-state index in [4.69, 9.17) is 4.74 Å². The molecule has 1 fully saturated rings. The molecule has 0 aromatic heterocycles. The summed E-state index contributed by atoms with van der Waals surface area (Å²) in [4.78, 5) is 2.14. The molecule has 2 aliphatic heterocycles. The summed E-state index contributed by atoms with van der Waals surface area (Å²) in [5, 5.41) is 1.41. The Labute approximate surface area is 167 Å². The van der Waals surface area contributed by atoms with Gasteiger partial charge in [-0.2, -0.15) is 13.2 Å². The molecule has 0 aliphatic carbocycles. The lowest BCUT2D eigenvalue weighted by molar-refractivity contribution is -0.137. The van der Waals surface area contributed by atoms with E-state index >= 15 is 0 Å². The number of halogens is 3. The molecule has 0 bridgehead atoms. The first-order chi connectivity index (χ1) is 13.7. The first-order valence-electron chi connectivity index (χ1n) is 9.36. The van der Waals surface area contributed by atoms with Gasteiger partial charge in [0.2, 0.25) is 0 Å². The third-order valence-corrected chi connectivity index (χ3v) is 6.64. The largest absolute Gasteiger partial charge is 0.457 e. The molecular weight excluding hydrogens is 403 g/mol. The highest BCUT2D eigenvalue weighted by Crippen LogP contribution is 2.38. The normalized spacial score (nSPS) is 21.3. The highest BCUT2D eigenvalue weighted by atomic mass is 32.2. The number of hydrogen-bond acceptors (Lipinski definition) is 4. The van der Waals surface area contributed by atoms with Crippen LogP contribution in [0.25, 0.3) is 0 Å². The summed E-state index contributed by atoms with van der Waals surface area (Å²) < 4.78 is 67.6. The second-order valence-corrected chi connectivity index (χ2v) is 9.25. The summed E-state index contributed by atoms with van der Waals surface area (Å²) in [5.74, 6) is 0.990. The second-order valence-electron chi connectivity index (χ2n) is 7.28. The smallest absolute Gasteiger partial charge is 0.416 e. The zero-order valence-electron chi connectivity index (χ0n) is 15.5. The number of piperidine rings is 1. The SMILES string of the molecule is O=S1(=O)C=C2C(c3ccc(Oc4ccc(C(F)(F)F)cc4)cc3)CCCN2CC1. The fourth-order valence-electron chi connectivity index (χ4n) is 3.82. The maximum Gasteiger partial charge on any atom is 0.416 e. The van der Waals surface area contributed by atoms with Gasteiger partial charge in [-0.15, -0.1) is 0 Å². The molecule has 2 aromatic carbocycles. The Hall–Kier alpha value is -2.48. The predicted octanol–water partition coefficient (Wildman–Crippen LogP) is 4.95. The minimum absolute atomic E-state index is 0.0129. The molecule has 1 saturated heterocycles. The first-order valence-corrected chi connectivity index (χ1v) is 11.1. The van der Waals surface area contributed by atoms with E-state index in [1.807, 2.05) is 12.1 Å². The van der Waals surface area contributed by atoms with Crippen molar-refractivity contribution in [2.75, 3.05) is 18.8 Å².